The molecule has 21 heavy (non-hydrogen) atoms. The Morgan fingerprint density at radius 2 is 2.10 bits per heavy atom. The van der Waals surface area contributed by atoms with Crippen LogP contribution in [0.4, 0.5) is 10.1 Å². The number of hydrogen-bond donors (Lipinski definition) is 2. The van der Waals surface area contributed by atoms with Gasteiger partial charge in [-0.3, -0.25) is 4.72 Å². The van der Waals surface area contributed by atoms with Gasteiger partial charge in [0, 0.05) is 22.0 Å². The molecule has 0 aliphatic heterocycles. The normalized spacial score (nSPS) is 11.6. The second-order valence-corrected chi connectivity index (χ2v) is 7.19. The van der Waals surface area contributed by atoms with Gasteiger partial charge in [0.1, 0.15) is 10.7 Å². The maximum Gasteiger partial charge on any atom is 0.263 e. The summed E-state index contributed by atoms with van der Waals surface area (Å²) in [4.78, 5) is 0.0634. The Bertz CT molecular complexity index is 737. The van der Waals surface area contributed by atoms with E-state index in [1.165, 1.54) is 30.5 Å². The smallest absolute Gasteiger partial charge is 0.263 e. The van der Waals surface area contributed by atoms with Gasteiger partial charge in [0.25, 0.3) is 10.0 Å². The fourth-order valence-electron chi connectivity index (χ4n) is 1.87. The minimum absolute atomic E-state index is 0.0634. The lowest BCUT2D eigenvalue weighted by Gasteiger charge is -2.08. The lowest BCUT2D eigenvalue weighted by molar-refractivity contribution is 0.271. The number of hydrogen-bond acceptors (Lipinski definition) is 3. The standard InChI is InChI=1S/C13H14FIN2O3S/c1-2-17-7-11(6-10(17)8-18)21(19,20)16-13-4-3-9(14)5-12(13)15/h3-7,16,18H,2,8H2,1H3. The molecule has 1 heterocycles. The summed E-state index contributed by atoms with van der Waals surface area (Å²) in [6.45, 7) is 2.17. The summed E-state index contributed by atoms with van der Waals surface area (Å²) in [5.74, 6) is -0.429. The van der Waals surface area contributed by atoms with Gasteiger partial charge in [0.15, 0.2) is 0 Å². The van der Waals surface area contributed by atoms with Gasteiger partial charge in [-0.15, -0.1) is 0 Å². The summed E-state index contributed by atoms with van der Waals surface area (Å²) < 4.78 is 42.2. The molecule has 0 unspecified atom stereocenters. The van der Waals surface area contributed by atoms with Crippen LogP contribution in [0.1, 0.15) is 12.6 Å². The Labute approximate surface area is 136 Å². The van der Waals surface area contributed by atoms with Gasteiger partial charge in [-0.05, 0) is 53.8 Å². The highest BCUT2D eigenvalue weighted by molar-refractivity contribution is 14.1. The maximum atomic E-state index is 13.0. The Hall–Kier alpha value is -1.13. The molecule has 0 saturated carbocycles. The van der Waals surface area contributed by atoms with Crippen molar-refractivity contribution in [1.29, 1.82) is 0 Å². The van der Waals surface area contributed by atoms with Crippen molar-refractivity contribution in [2.24, 2.45) is 0 Å². The highest BCUT2D eigenvalue weighted by Gasteiger charge is 2.19. The van der Waals surface area contributed by atoms with Crippen LogP contribution in [0.25, 0.3) is 0 Å². The van der Waals surface area contributed by atoms with Crippen molar-refractivity contribution in [2.45, 2.75) is 25.0 Å². The van der Waals surface area contributed by atoms with Gasteiger partial charge in [-0.1, -0.05) is 0 Å². The minimum atomic E-state index is -3.78. The third-order valence-electron chi connectivity index (χ3n) is 2.95. The second-order valence-electron chi connectivity index (χ2n) is 4.34. The number of halogens is 2. The maximum absolute atomic E-state index is 13.0. The van der Waals surface area contributed by atoms with Crippen LogP contribution in [0.5, 0.6) is 0 Å². The Morgan fingerprint density at radius 1 is 1.38 bits per heavy atom. The largest absolute Gasteiger partial charge is 0.390 e. The first-order chi connectivity index (χ1) is 9.87. The second kappa shape index (κ2) is 6.32. The fraction of sp³-hybridized carbons (Fsp3) is 0.231. The fourth-order valence-corrected chi connectivity index (χ4v) is 3.81. The highest BCUT2D eigenvalue weighted by atomic mass is 127. The predicted molar refractivity (Wildman–Crippen MR) is 86.0 cm³/mol. The zero-order valence-electron chi connectivity index (χ0n) is 11.2. The number of nitrogens with one attached hydrogen (secondary N) is 1. The molecule has 0 aliphatic rings. The first kappa shape index (κ1) is 16.2. The quantitative estimate of drug-likeness (QED) is 0.725. The molecule has 5 nitrogen and oxygen atoms in total. The lowest BCUT2D eigenvalue weighted by atomic mass is 10.3. The molecule has 1 aromatic heterocycles. The molecular weight excluding hydrogens is 410 g/mol. The topological polar surface area (TPSA) is 71.3 Å². The van der Waals surface area contributed by atoms with E-state index >= 15 is 0 Å². The van der Waals surface area contributed by atoms with Gasteiger partial charge in [0.05, 0.1) is 12.3 Å². The van der Waals surface area contributed by atoms with E-state index in [2.05, 4.69) is 4.72 Å². The van der Waals surface area contributed by atoms with Crippen LogP contribution in [0.3, 0.4) is 0 Å². The molecule has 0 saturated heterocycles. The van der Waals surface area contributed by atoms with Crippen molar-refractivity contribution in [2.75, 3.05) is 4.72 Å². The van der Waals surface area contributed by atoms with E-state index in [0.29, 0.717) is 21.5 Å². The van der Waals surface area contributed by atoms with Crippen LogP contribution < -0.4 is 4.72 Å². The van der Waals surface area contributed by atoms with E-state index in [1.807, 2.05) is 29.5 Å². The summed E-state index contributed by atoms with van der Waals surface area (Å²) in [5.41, 5.74) is 0.832. The summed E-state index contributed by atoms with van der Waals surface area (Å²) in [6.07, 6.45) is 1.46. The molecule has 8 heteroatoms. The van der Waals surface area contributed by atoms with Crippen molar-refractivity contribution >= 4 is 38.3 Å². The van der Waals surface area contributed by atoms with Gasteiger partial charge >= 0.3 is 0 Å². The first-order valence-corrected chi connectivity index (χ1v) is 8.71. The summed E-state index contributed by atoms with van der Waals surface area (Å²) in [7, 11) is -3.78. The first-order valence-electron chi connectivity index (χ1n) is 6.15. The molecule has 0 fully saturated rings. The number of aryl methyl sites for hydroxylation is 1. The SMILES string of the molecule is CCn1cc(S(=O)(=O)Nc2ccc(F)cc2I)cc1CO. The average molecular weight is 424 g/mol. The monoisotopic (exact) mass is 424 g/mol. The average Bonchev–Trinajstić information content (AvgIpc) is 2.86. The number of benzene rings is 1. The molecule has 0 aliphatic carbocycles. The van der Waals surface area contributed by atoms with Crippen LogP contribution in [0, 0.1) is 9.39 Å². The Kier molecular flexibility index (Phi) is 4.89. The van der Waals surface area contributed by atoms with Gasteiger partial charge in [0.2, 0.25) is 0 Å². The van der Waals surface area contributed by atoms with E-state index in [9.17, 15) is 17.9 Å². The van der Waals surface area contributed by atoms with E-state index < -0.39 is 15.8 Å². The highest BCUT2D eigenvalue weighted by Crippen LogP contribution is 2.23. The van der Waals surface area contributed by atoms with E-state index in [-0.39, 0.29) is 11.5 Å². The Morgan fingerprint density at radius 3 is 2.62 bits per heavy atom. The molecule has 0 atom stereocenters. The third-order valence-corrected chi connectivity index (χ3v) is 5.17. The van der Waals surface area contributed by atoms with Crippen LogP contribution in [0.15, 0.2) is 35.4 Å². The molecule has 0 radical (unpaired) electrons. The van der Waals surface area contributed by atoms with Crippen LogP contribution in [-0.2, 0) is 23.2 Å². The lowest BCUT2D eigenvalue weighted by Crippen LogP contribution is -2.13. The summed E-state index contributed by atoms with van der Waals surface area (Å²) in [6, 6.07) is 5.23. The molecule has 114 valence electrons. The minimum Gasteiger partial charge on any atom is -0.390 e. The zero-order valence-corrected chi connectivity index (χ0v) is 14.2. The number of aromatic nitrogens is 1. The van der Waals surface area contributed by atoms with E-state index in [4.69, 9.17) is 0 Å². The van der Waals surface area contributed by atoms with Crippen LogP contribution >= 0.6 is 22.6 Å². The number of sulfonamides is 1. The van der Waals surface area contributed by atoms with Gasteiger partial charge in [-0.25, -0.2) is 12.8 Å². The molecular formula is C13H14FIN2O3S. The number of anilines is 1. The van der Waals surface area contributed by atoms with Crippen molar-refractivity contribution < 1.29 is 17.9 Å². The molecule has 2 N–H and O–H groups in total. The van der Waals surface area contributed by atoms with Crippen LogP contribution in [-0.4, -0.2) is 18.1 Å². The van der Waals surface area contributed by atoms with Crippen molar-refractivity contribution in [3.05, 3.63) is 45.5 Å². The van der Waals surface area contributed by atoms with Crippen molar-refractivity contribution in [3.8, 4) is 0 Å². The van der Waals surface area contributed by atoms with Crippen molar-refractivity contribution in [3.63, 3.8) is 0 Å². The number of rotatable bonds is 5. The molecule has 1 aromatic carbocycles. The predicted octanol–water partition coefficient (Wildman–Crippen LogP) is 2.54. The molecule has 0 amide bonds. The molecule has 2 aromatic rings. The van der Waals surface area contributed by atoms with Gasteiger partial charge in [-0.2, -0.15) is 0 Å². The zero-order chi connectivity index (χ0) is 15.6. The number of nitrogens with zero attached hydrogens (tertiary/aromatic N) is 1. The Balaban J connectivity index is 2.36. The third kappa shape index (κ3) is 3.55. The summed E-state index contributed by atoms with van der Waals surface area (Å²) in [5, 5.41) is 9.21. The van der Waals surface area contributed by atoms with E-state index in [0.717, 1.165) is 0 Å². The van der Waals surface area contributed by atoms with E-state index in [1.54, 1.807) is 4.57 Å². The molecule has 0 spiro atoms. The van der Waals surface area contributed by atoms with Crippen LogP contribution in [0.2, 0.25) is 0 Å². The molecule has 0 bridgehead atoms. The number of aliphatic hydroxyl groups is 1. The summed E-state index contributed by atoms with van der Waals surface area (Å²) >= 11 is 1.86. The number of aliphatic hydroxyl groups excluding tert-OH is 1. The molecule has 2 rings (SSSR count). The van der Waals surface area contributed by atoms with Gasteiger partial charge < -0.3 is 9.67 Å². The van der Waals surface area contributed by atoms with Crippen molar-refractivity contribution in [1.82, 2.24) is 4.57 Å².